The zero-order valence-electron chi connectivity index (χ0n) is 26.7. The van der Waals surface area contributed by atoms with Crippen LogP contribution in [0.1, 0.15) is 36.1 Å². The monoisotopic (exact) mass is 614 g/mol. The smallest absolute Gasteiger partial charge is 0.228 e. The van der Waals surface area contributed by atoms with E-state index in [0.29, 0.717) is 5.95 Å². The number of hydrogen-bond acceptors (Lipinski definition) is 3. The van der Waals surface area contributed by atoms with Crippen LogP contribution in [0.15, 0.2) is 127 Å². The molecule has 48 heavy (non-hydrogen) atoms. The summed E-state index contributed by atoms with van der Waals surface area (Å²) >= 11 is 0. The summed E-state index contributed by atoms with van der Waals surface area (Å²) in [6, 6.07) is 46.1. The Hall–Kier alpha value is -6.00. The lowest BCUT2D eigenvalue weighted by Gasteiger charge is -2.22. The third-order valence-electron chi connectivity index (χ3n) is 10.9. The van der Waals surface area contributed by atoms with Crippen LogP contribution in [0.3, 0.4) is 0 Å². The number of hydrogen-bond donors (Lipinski definition) is 1. The van der Waals surface area contributed by atoms with Gasteiger partial charge in [-0.2, -0.15) is 0 Å². The third kappa shape index (κ3) is 3.39. The van der Waals surface area contributed by atoms with Crippen molar-refractivity contribution in [3.05, 3.63) is 150 Å². The fourth-order valence-electron chi connectivity index (χ4n) is 8.56. The van der Waals surface area contributed by atoms with Gasteiger partial charge >= 0.3 is 0 Å². The second-order valence-electron chi connectivity index (χ2n) is 13.9. The Balaban J connectivity index is 1.15. The van der Waals surface area contributed by atoms with Crippen LogP contribution >= 0.6 is 0 Å². The molecule has 4 aromatic heterocycles. The summed E-state index contributed by atoms with van der Waals surface area (Å²) in [7, 11) is 0. The molecule has 0 radical (unpaired) electrons. The van der Waals surface area contributed by atoms with Gasteiger partial charge in [0.15, 0.2) is 0 Å². The summed E-state index contributed by atoms with van der Waals surface area (Å²) < 4.78 is 2.42. The van der Waals surface area contributed by atoms with Crippen LogP contribution in [-0.2, 0) is 11.8 Å². The van der Waals surface area contributed by atoms with Gasteiger partial charge < -0.3 is 9.72 Å². The number of nitrogens with one attached hydrogen (secondary N) is 1. The van der Waals surface area contributed by atoms with E-state index in [0.717, 1.165) is 34.3 Å². The van der Waals surface area contributed by atoms with Gasteiger partial charge in [-0.15, -0.1) is 0 Å². The van der Waals surface area contributed by atoms with Gasteiger partial charge in [0.05, 0.1) is 33.4 Å². The zero-order valence-corrected chi connectivity index (χ0v) is 26.7. The highest BCUT2D eigenvalue weighted by molar-refractivity contribution is 6.20. The summed E-state index contributed by atoms with van der Waals surface area (Å²) in [4.78, 5) is 10.5. The van der Waals surface area contributed by atoms with E-state index < -0.39 is 0 Å². The molecule has 0 fully saturated rings. The lowest BCUT2D eigenvalue weighted by Crippen LogP contribution is -2.15. The van der Waals surface area contributed by atoms with Crippen LogP contribution < -0.4 is 5.32 Å². The fourth-order valence-corrected chi connectivity index (χ4v) is 8.56. The minimum atomic E-state index is -0.0961. The molecular weight excluding hydrogens is 585 g/mol. The number of para-hydroxylation sites is 1. The molecule has 9 aromatic rings. The van der Waals surface area contributed by atoms with E-state index in [-0.39, 0.29) is 5.41 Å². The largest absolute Gasteiger partial charge is 0.322 e. The predicted molar refractivity (Wildman–Crippen MR) is 198 cm³/mol. The molecule has 4 heterocycles. The van der Waals surface area contributed by atoms with Crippen LogP contribution in [0.25, 0.3) is 71.7 Å². The van der Waals surface area contributed by atoms with E-state index in [9.17, 15) is 0 Å². The number of fused-ring (bicyclic) bond motifs is 8. The molecule has 11 rings (SSSR count). The highest BCUT2D eigenvalue weighted by Gasteiger charge is 2.35. The van der Waals surface area contributed by atoms with E-state index in [1.807, 2.05) is 0 Å². The Kier molecular flexibility index (Phi) is 4.94. The first-order valence-corrected chi connectivity index (χ1v) is 16.7. The molecule has 4 nitrogen and oxygen atoms in total. The molecule has 1 N–H and O–H groups in total. The zero-order chi connectivity index (χ0) is 31.7. The highest BCUT2D eigenvalue weighted by atomic mass is 15.1. The summed E-state index contributed by atoms with van der Waals surface area (Å²) in [6.07, 6.45) is 1.04. The minimum absolute atomic E-state index is 0.0961. The van der Waals surface area contributed by atoms with Gasteiger partial charge in [-0.1, -0.05) is 117 Å². The Labute approximate surface area is 277 Å². The minimum Gasteiger partial charge on any atom is -0.322 e. The van der Waals surface area contributed by atoms with E-state index in [1.54, 1.807) is 0 Å². The number of pyridine rings is 1. The van der Waals surface area contributed by atoms with E-state index >= 15 is 0 Å². The first-order chi connectivity index (χ1) is 23.6. The van der Waals surface area contributed by atoms with Crippen LogP contribution in [0.4, 0.5) is 11.6 Å². The highest BCUT2D eigenvalue weighted by Crippen LogP contribution is 2.51. The standard InChI is InChI=1S/C44H30N4/c1-44(2)34-17-7-5-12-27(34)28-22-21-26(24-35(28)44)40-32-15-6-8-18-36(32)45-43(46-40)47-41-39(30-16-9-11-25-23-33(25)30)38-20-10-19-37-29-13-3-4-14-31(29)42(41)48(37)38/h3-22,24H,23H2,1-2H3,(H,45,46,47). The van der Waals surface area contributed by atoms with Gasteiger partial charge in [0.2, 0.25) is 5.95 Å². The van der Waals surface area contributed by atoms with Crippen molar-refractivity contribution in [1.29, 1.82) is 0 Å². The molecule has 0 spiro atoms. The van der Waals surface area contributed by atoms with Gasteiger partial charge in [0.1, 0.15) is 0 Å². The van der Waals surface area contributed by atoms with Crippen molar-refractivity contribution in [2.75, 3.05) is 5.32 Å². The molecule has 0 aliphatic heterocycles. The van der Waals surface area contributed by atoms with Crippen molar-refractivity contribution in [3.8, 4) is 33.5 Å². The molecule has 0 amide bonds. The number of anilines is 2. The molecule has 0 atom stereocenters. The van der Waals surface area contributed by atoms with Crippen molar-refractivity contribution in [3.63, 3.8) is 0 Å². The Bertz CT molecular complexity index is 2820. The Morgan fingerprint density at radius 2 is 1.35 bits per heavy atom. The molecule has 5 aromatic carbocycles. The summed E-state index contributed by atoms with van der Waals surface area (Å²) in [5.41, 5.74) is 18.2. The first kappa shape index (κ1) is 26.1. The van der Waals surface area contributed by atoms with Crippen molar-refractivity contribution in [1.82, 2.24) is 14.4 Å². The average molecular weight is 615 g/mol. The SMILES string of the molecule is CC1(C)c2ccccc2-c2ccc(-c3nc(Nc4c(-c5cccc6c5C6)c5cccc6c7ccccc7c4n56)nc4ccccc34)cc21. The first-order valence-electron chi connectivity index (χ1n) is 16.7. The molecule has 0 bridgehead atoms. The summed E-state index contributed by atoms with van der Waals surface area (Å²) in [6.45, 7) is 4.66. The lowest BCUT2D eigenvalue weighted by molar-refractivity contribution is 0.660. The van der Waals surface area contributed by atoms with Crippen LogP contribution in [0.2, 0.25) is 0 Å². The Morgan fingerprint density at radius 3 is 2.27 bits per heavy atom. The van der Waals surface area contributed by atoms with Gasteiger partial charge in [0, 0.05) is 32.7 Å². The summed E-state index contributed by atoms with van der Waals surface area (Å²) in [5.74, 6) is 0.600. The second kappa shape index (κ2) is 9.08. The van der Waals surface area contributed by atoms with Crippen LogP contribution in [-0.4, -0.2) is 14.4 Å². The molecule has 2 aliphatic carbocycles. The normalized spacial score (nSPS) is 14.1. The third-order valence-corrected chi connectivity index (χ3v) is 10.9. The molecule has 4 heteroatoms. The van der Waals surface area contributed by atoms with Crippen molar-refractivity contribution >= 4 is 49.9 Å². The van der Waals surface area contributed by atoms with Gasteiger partial charge in [0.25, 0.3) is 0 Å². The quantitative estimate of drug-likeness (QED) is 0.214. The van der Waals surface area contributed by atoms with Gasteiger partial charge in [-0.05, 0) is 69.6 Å². The lowest BCUT2D eigenvalue weighted by atomic mass is 9.82. The molecule has 0 saturated heterocycles. The maximum Gasteiger partial charge on any atom is 0.228 e. The molecular formula is C44H30N4. The molecule has 0 saturated carbocycles. The second-order valence-corrected chi connectivity index (χ2v) is 13.9. The average Bonchev–Trinajstić information content (AvgIpc) is 3.69. The molecule has 226 valence electrons. The molecule has 2 aliphatic rings. The van der Waals surface area contributed by atoms with Crippen molar-refractivity contribution < 1.29 is 0 Å². The van der Waals surface area contributed by atoms with Crippen molar-refractivity contribution in [2.45, 2.75) is 25.7 Å². The van der Waals surface area contributed by atoms with Crippen molar-refractivity contribution in [2.24, 2.45) is 0 Å². The fraction of sp³-hybridized carbons (Fsp3) is 0.0909. The Morgan fingerprint density at radius 1 is 0.625 bits per heavy atom. The van der Waals surface area contributed by atoms with Crippen LogP contribution in [0.5, 0.6) is 0 Å². The van der Waals surface area contributed by atoms with Gasteiger partial charge in [-0.25, -0.2) is 9.97 Å². The van der Waals surface area contributed by atoms with Gasteiger partial charge in [-0.3, -0.25) is 0 Å². The number of rotatable bonds is 4. The van der Waals surface area contributed by atoms with E-state index in [2.05, 4.69) is 151 Å². The topological polar surface area (TPSA) is 42.2 Å². The number of benzene rings is 5. The molecule has 0 unspecified atom stereocenters. The van der Waals surface area contributed by atoms with E-state index in [1.165, 1.54) is 71.8 Å². The van der Waals surface area contributed by atoms with E-state index in [4.69, 9.17) is 9.97 Å². The van der Waals surface area contributed by atoms with Crippen LogP contribution in [0, 0.1) is 0 Å². The number of nitrogens with zero attached hydrogens (tertiary/aromatic N) is 3. The predicted octanol–water partition coefficient (Wildman–Crippen LogP) is 10.9. The maximum atomic E-state index is 5.35. The maximum absolute atomic E-state index is 5.35. The number of aromatic nitrogens is 3. The summed E-state index contributed by atoms with van der Waals surface area (Å²) in [5, 5.41) is 7.36.